The van der Waals surface area contributed by atoms with Crippen LogP contribution in [0.25, 0.3) is 11.1 Å². The van der Waals surface area contributed by atoms with Crippen LogP contribution in [0.1, 0.15) is 12.8 Å². The van der Waals surface area contributed by atoms with Gasteiger partial charge in [0.15, 0.2) is 5.58 Å². The molecule has 124 valence electrons. The minimum atomic E-state index is -3.82. The van der Waals surface area contributed by atoms with E-state index >= 15 is 0 Å². The fraction of sp³-hybridized carbons (Fsp3) is 0.429. The number of aliphatic carboxylic acids is 1. The first-order valence-electron chi connectivity index (χ1n) is 7.13. The van der Waals surface area contributed by atoms with Gasteiger partial charge in [0.1, 0.15) is 0 Å². The smallest absolute Gasteiger partial charge is 0.419 e. The number of hydrogen-bond donors (Lipinski definition) is 1. The highest BCUT2D eigenvalue weighted by molar-refractivity contribution is 7.89. The number of nitrogens with zero attached hydrogens (tertiary/aromatic N) is 2. The van der Waals surface area contributed by atoms with Crippen LogP contribution >= 0.6 is 0 Å². The second kappa shape index (κ2) is 5.50. The molecule has 1 N–H and O–H groups in total. The third kappa shape index (κ3) is 2.66. The van der Waals surface area contributed by atoms with Crippen LogP contribution in [0, 0.1) is 5.92 Å². The van der Waals surface area contributed by atoms with Crippen molar-refractivity contribution in [3.63, 3.8) is 0 Å². The molecule has 2 heterocycles. The fourth-order valence-electron chi connectivity index (χ4n) is 2.79. The Morgan fingerprint density at radius 3 is 2.83 bits per heavy atom. The molecule has 0 saturated carbocycles. The number of oxazole rings is 1. The SMILES string of the molecule is Cn1c(=O)oc2cc(S(=O)(=O)N3CCC[C@H](C(=O)O)C3)ccc21. The van der Waals surface area contributed by atoms with Crippen molar-refractivity contribution in [1.29, 1.82) is 0 Å². The largest absolute Gasteiger partial charge is 0.481 e. The average molecular weight is 340 g/mol. The normalized spacial score (nSPS) is 20.0. The molecule has 0 amide bonds. The van der Waals surface area contributed by atoms with E-state index in [1.165, 1.54) is 34.1 Å². The fourth-order valence-corrected chi connectivity index (χ4v) is 4.33. The Balaban J connectivity index is 1.99. The van der Waals surface area contributed by atoms with Crippen molar-refractivity contribution in [3.8, 4) is 0 Å². The van der Waals surface area contributed by atoms with Gasteiger partial charge in [-0.25, -0.2) is 13.2 Å². The molecule has 0 unspecified atom stereocenters. The van der Waals surface area contributed by atoms with Gasteiger partial charge in [0.25, 0.3) is 0 Å². The molecule has 0 spiro atoms. The molecule has 0 bridgehead atoms. The van der Waals surface area contributed by atoms with E-state index in [0.29, 0.717) is 18.4 Å². The lowest BCUT2D eigenvalue weighted by Gasteiger charge is -2.29. The van der Waals surface area contributed by atoms with Crippen LogP contribution in [0.2, 0.25) is 0 Å². The molecule has 1 aliphatic heterocycles. The molecule has 0 aliphatic carbocycles. The standard InChI is InChI=1S/C14H16N2O6S/c1-15-11-5-4-10(7-12(11)22-14(15)19)23(20,21)16-6-2-3-9(8-16)13(17)18/h4-5,7,9H,2-3,6,8H2,1H3,(H,17,18)/t9-/m0/s1. The molecule has 1 atom stereocenters. The lowest BCUT2D eigenvalue weighted by Crippen LogP contribution is -2.42. The molecule has 8 nitrogen and oxygen atoms in total. The molecule has 2 aromatic rings. The Morgan fingerprint density at radius 1 is 1.39 bits per heavy atom. The van der Waals surface area contributed by atoms with Gasteiger partial charge in [-0.1, -0.05) is 0 Å². The summed E-state index contributed by atoms with van der Waals surface area (Å²) in [4.78, 5) is 22.6. The summed E-state index contributed by atoms with van der Waals surface area (Å²) in [5.41, 5.74) is 0.682. The van der Waals surface area contributed by atoms with Crippen LogP contribution in [0.5, 0.6) is 0 Å². The zero-order valence-electron chi connectivity index (χ0n) is 12.4. The Morgan fingerprint density at radius 2 is 2.13 bits per heavy atom. The Hall–Kier alpha value is -2.13. The molecule has 1 fully saturated rings. The number of aryl methyl sites for hydroxylation is 1. The van der Waals surface area contributed by atoms with Crippen LogP contribution in [0.15, 0.2) is 32.3 Å². The monoisotopic (exact) mass is 340 g/mol. The van der Waals surface area contributed by atoms with Crippen molar-refractivity contribution in [1.82, 2.24) is 8.87 Å². The second-order valence-electron chi connectivity index (χ2n) is 5.60. The Labute approximate surface area is 132 Å². The van der Waals surface area contributed by atoms with Gasteiger partial charge in [-0.3, -0.25) is 9.36 Å². The Bertz CT molecular complexity index is 926. The topological polar surface area (TPSA) is 110 Å². The summed E-state index contributed by atoms with van der Waals surface area (Å²) in [6.45, 7) is 0.233. The van der Waals surface area contributed by atoms with Gasteiger partial charge in [0, 0.05) is 26.2 Å². The number of aromatic nitrogens is 1. The van der Waals surface area contributed by atoms with Crippen LogP contribution in [-0.4, -0.2) is 41.5 Å². The molecule has 1 aromatic carbocycles. The number of benzene rings is 1. The van der Waals surface area contributed by atoms with Crippen molar-refractivity contribution in [3.05, 3.63) is 28.7 Å². The van der Waals surface area contributed by atoms with Crippen LogP contribution in [0.3, 0.4) is 0 Å². The Kier molecular flexibility index (Phi) is 3.77. The van der Waals surface area contributed by atoms with Crippen LogP contribution in [-0.2, 0) is 21.9 Å². The van der Waals surface area contributed by atoms with Crippen LogP contribution < -0.4 is 5.76 Å². The summed E-state index contributed by atoms with van der Waals surface area (Å²) in [5, 5.41) is 9.09. The first-order valence-corrected chi connectivity index (χ1v) is 8.57. The number of fused-ring (bicyclic) bond motifs is 1. The van der Waals surface area contributed by atoms with Crippen molar-refractivity contribution in [2.24, 2.45) is 13.0 Å². The maximum atomic E-state index is 12.7. The first kappa shape index (κ1) is 15.8. The van der Waals surface area contributed by atoms with Crippen molar-refractivity contribution in [2.45, 2.75) is 17.7 Å². The summed E-state index contributed by atoms with van der Waals surface area (Å²) >= 11 is 0. The maximum absolute atomic E-state index is 12.7. The van der Waals surface area contributed by atoms with Crippen molar-refractivity contribution < 1.29 is 22.7 Å². The molecule has 9 heteroatoms. The lowest BCUT2D eigenvalue weighted by atomic mass is 10.0. The van der Waals surface area contributed by atoms with Crippen LogP contribution in [0.4, 0.5) is 0 Å². The molecular weight excluding hydrogens is 324 g/mol. The highest BCUT2D eigenvalue weighted by atomic mass is 32.2. The maximum Gasteiger partial charge on any atom is 0.419 e. The van der Waals surface area contributed by atoms with E-state index < -0.39 is 27.7 Å². The minimum Gasteiger partial charge on any atom is -0.481 e. The zero-order chi connectivity index (χ0) is 16.8. The molecule has 1 aliphatic rings. The predicted octanol–water partition coefficient (Wildman–Crippen LogP) is 0.617. The predicted molar refractivity (Wildman–Crippen MR) is 80.6 cm³/mol. The second-order valence-corrected chi connectivity index (χ2v) is 7.53. The van der Waals surface area contributed by atoms with Gasteiger partial charge >= 0.3 is 11.7 Å². The third-order valence-electron chi connectivity index (χ3n) is 4.13. The van der Waals surface area contributed by atoms with Gasteiger partial charge in [0.05, 0.1) is 16.3 Å². The number of carboxylic acids is 1. The van der Waals surface area contributed by atoms with Gasteiger partial charge < -0.3 is 9.52 Å². The zero-order valence-corrected chi connectivity index (χ0v) is 13.2. The quantitative estimate of drug-likeness (QED) is 0.877. The van der Waals surface area contributed by atoms with Gasteiger partial charge in [-0.05, 0) is 25.0 Å². The van der Waals surface area contributed by atoms with E-state index in [9.17, 15) is 18.0 Å². The van der Waals surface area contributed by atoms with E-state index in [0.717, 1.165) is 0 Å². The van der Waals surface area contributed by atoms with Gasteiger partial charge in [0.2, 0.25) is 10.0 Å². The van der Waals surface area contributed by atoms with E-state index in [1.807, 2.05) is 0 Å². The summed E-state index contributed by atoms with van der Waals surface area (Å²) in [5.74, 6) is -2.26. The lowest BCUT2D eigenvalue weighted by molar-refractivity contribution is -0.142. The third-order valence-corrected chi connectivity index (χ3v) is 6.00. The molecule has 0 radical (unpaired) electrons. The molecule has 1 aromatic heterocycles. The van der Waals surface area contributed by atoms with Gasteiger partial charge in [-0.15, -0.1) is 0 Å². The highest BCUT2D eigenvalue weighted by Crippen LogP contribution is 2.26. The number of piperidine rings is 1. The number of carbonyl (C=O) groups is 1. The number of hydrogen-bond acceptors (Lipinski definition) is 5. The van der Waals surface area contributed by atoms with E-state index in [1.54, 1.807) is 0 Å². The summed E-state index contributed by atoms with van der Waals surface area (Å²) < 4.78 is 32.9. The summed E-state index contributed by atoms with van der Waals surface area (Å²) in [7, 11) is -2.29. The summed E-state index contributed by atoms with van der Waals surface area (Å²) in [6, 6.07) is 4.21. The number of sulfonamides is 1. The van der Waals surface area contributed by atoms with E-state index in [2.05, 4.69) is 0 Å². The van der Waals surface area contributed by atoms with Crippen molar-refractivity contribution in [2.75, 3.05) is 13.1 Å². The van der Waals surface area contributed by atoms with Crippen molar-refractivity contribution >= 4 is 27.1 Å². The molecule has 3 rings (SSSR count). The molecule has 23 heavy (non-hydrogen) atoms. The van der Waals surface area contributed by atoms with Gasteiger partial charge in [-0.2, -0.15) is 4.31 Å². The molecule has 1 saturated heterocycles. The average Bonchev–Trinajstić information content (AvgIpc) is 2.81. The first-order chi connectivity index (χ1) is 10.8. The minimum absolute atomic E-state index is 0.00890. The number of carboxylic acid groups (broad SMARTS) is 1. The number of rotatable bonds is 3. The summed E-state index contributed by atoms with van der Waals surface area (Å²) in [6.07, 6.45) is 0.965. The molecular formula is C14H16N2O6S. The highest BCUT2D eigenvalue weighted by Gasteiger charge is 2.33. The van der Waals surface area contributed by atoms with E-state index in [4.69, 9.17) is 9.52 Å². The van der Waals surface area contributed by atoms with E-state index in [-0.39, 0.29) is 23.6 Å².